The van der Waals surface area contributed by atoms with Crippen molar-refractivity contribution >= 4 is 51.6 Å². The number of hydrogen-bond donors (Lipinski definition) is 1. The van der Waals surface area contributed by atoms with Crippen LogP contribution in [0.15, 0.2) is 87.8 Å². The number of thiocarbonyl (C=S) groups is 1. The Morgan fingerprint density at radius 2 is 1.85 bits per heavy atom. The Hall–Kier alpha value is -4.04. The van der Waals surface area contributed by atoms with Crippen molar-refractivity contribution < 1.29 is 4.79 Å². The summed E-state index contributed by atoms with van der Waals surface area (Å²) in [6, 6.07) is 21.2. The summed E-state index contributed by atoms with van der Waals surface area (Å²) in [5.74, 6) is -0.566. The summed E-state index contributed by atoms with van der Waals surface area (Å²) in [6.07, 6.45) is 0. The van der Waals surface area contributed by atoms with E-state index in [9.17, 15) is 9.59 Å². The molecule has 0 unspecified atom stereocenters. The fourth-order valence-electron chi connectivity index (χ4n) is 3.29. The van der Waals surface area contributed by atoms with Gasteiger partial charge in [0.2, 0.25) is 10.0 Å². The molecule has 8 nitrogen and oxygen atoms in total. The summed E-state index contributed by atoms with van der Waals surface area (Å²) in [5, 5.41) is 10.7. The molecule has 0 saturated carbocycles. The monoisotopic (exact) mass is 489 g/mol. The molecule has 0 aliphatic heterocycles. The molecule has 0 aliphatic rings. The van der Waals surface area contributed by atoms with Crippen LogP contribution in [-0.2, 0) is 6.54 Å². The standard InChI is InChI=1S/C24H17ClN6O2S/c1-15-23(33)31(21-8-3-2-7-20(21)26-15)14-16-9-11-17(12-10-16)22(32)28-30-29-24(34)27-19-6-4-5-18(25)13-19/h2-13H,14H2,1H3/p+1. The van der Waals surface area contributed by atoms with E-state index in [4.69, 9.17) is 23.8 Å². The molecule has 1 heterocycles. The van der Waals surface area contributed by atoms with Crippen LogP contribution in [0.1, 0.15) is 21.6 Å². The molecule has 0 radical (unpaired) electrons. The van der Waals surface area contributed by atoms with Crippen LogP contribution in [-0.4, -0.2) is 20.6 Å². The van der Waals surface area contributed by atoms with Crippen LogP contribution in [0.25, 0.3) is 11.0 Å². The summed E-state index contributed by atoms with van der Waals surface area (Å²) < 4.78 is 1.67. The maximum atomic E-state index is 12.7. The van der Waals surface area contributed by atoms with E-state index in [1.807, 2.05) is 24.3 Å². The Bertz CT molecular complexity index is 1530. The predicted molar refractivity (Wildman–Crippen MR) is 135 cm³/mol. The zero-order valence-corrected chi connectivity index (χ0v) is 19.5. The van der Waals surface area contributed by atoms with Gasteiger partial charge in [-0.05, 0) is 67.2 Å². The molecule has 0 atom stereocenters. The molecule has 10 heteroatoms. The van der Waals surface area contributed by atoms with Gasteiger partial charge < -0.3 is 9.88 Å². The molecule has 4 aromatic rings. The van der Waals surface area contributed by atoms with Gasteiger partial charge in [-0.1, -0.05) is 41.9 Å². The summed E-state index contributed by atoms with van der Waals surface area (Å²) in [7, 11) is 0. The van der Waals surface area contributed by atoms with Crippen LogP contribution in [0.4, 0.5) is 5.69 Å². The zero-order chi connectivity index (χ0) is 24.1. The highest BCUT2D eigenvalue weighted by Crippen LogP contribution is 2.15. The lowest BCUT2D eigenvalue weighted by Gasteiger charge is -2.11. The summed E-state index contributed by atoms with van der Waals surface area (Å²) in [6.45, 7) is 2.04. The number of halogens is 1. The minimum absolute atomic E-state index is 0.0412. The predicted octanol–water partition coefficient (Wildman–Crippen LogP) is 4.92. The SMILES string of the molecule is Cc1nc2ccccc2n(Cc2ccc(C(=O)N=[N+]=NC(=S)Nc3cccc(Cl)c3)cc2)c1=O. The fraction of sp³-hybridized carbons (Fsp3) is 0.0833. The van der Waals surface area contributed by atoms with Gasteiger partial charge in [-0.3, -0.25) is 9.59 Å². The third-order valence-electron chi connectivity index (χ3n) is 4.90. The second-order valence-electron chi connectivity index (χ2n) is 7.31. The number of rotatable bonds is 4. The first-order valence-electron chi connectivity index (χ1n) is 10.2. The quantitative estimate of drug-likeness (QED) is 0.249. The van der Waals surface area contributed by atoms with Crippen molar-refractivity contribution in [1.82, 2.24) is 14.5 Å². The van der Waals surface area contributed by atoms with E-state index in [2.05, 4.69) is 25.4 Å². The molecule has 1 aromatic heterocycles. The number of carbonyl (C=O) groups excluding carboxylic acids is 1. The number of anilines is 1. The molecule has 0 saturated heterocycles. The summed E-state index contributed by atoms with van der Waals surface area (Å²) in [4.78, 5) is 32.8. The van der Waals surface area contributed by atoms with E-state index >= 15 is 0 Å². The number of fused-ring (bicyclic) bond motifs is 1. The molecule has 1 amide bonds. The number of para-hydroxylation sites is 2. The van der Waals surface area contributed by atoms with E-state index in [0.717, 1.165) is 16.6 Å². The Morgan fingerprint density at radius 1 is 1.09 bits per heavy atom. The smallest absolute Gasteiger partial charge is 0.325 e. The number of amides is 1. The summed E-state index contributed by atoms with van der Waals surface area (Å²) in [5.41, 5.74) is 3.60. The fourth-order valence-corrected chi connectivity index (χ4v) is 3.63. The number of benzene rings is 3. The third-order valence-corrected chi connectivity index (χ3v) is 5.32. The lowest BCUT2D eigenvalue weighted by molar-refractivity contribution is 0.0992. The molecule has 0 aliphatic carbocycles. The second kappa shape index (κ2) is 10.3. The molecule has 0 fully saturated rings. The van der Waals surface area contributed by atoms with Crippen LogP contribution >= 0.6 is 23.8 Å². The number of aryl methyl sites for hydroxylation is 1. The van der Waals surface area contributed by atoms with Crippen molar-refractivity contribution in [1.29, 1.82) is 0 Å². The largest absolute Gasteiger partial charge is 0.360 e. The topological polar surface area (TPSA) is 103 Å². The van der Waals surface area contributed by atoms with Crippen LogP contribution in [0.5, 0.6) is 0 Å². The lowest BCUT2D eigenvalue weighted by atomic mass is 10.1. The number of nitrogens with zero attached hydrogens (tertiary/aromatic N) is 5. The molecule has 4 rings (SSSR count). The maximum absolute atomic E-state index is 12.7. The average Bonchev–Trinajstić information content (AvgIpc) is 2.82. The summed E-state index contributed by atoms with van der Waals surface area (Å²) >= 11 is 11.0. The molecule has 168 valence electrons. The first-order chi connectivity index (χ1) is 16.4. The molecule has 1 N–H and O–H groups in total. The van der Waals surface area contributed by atoms with Crippen LogP contribution in [0, 0.1) is 6.92 Å². The zero-order valence-electron chi connectivity index (χ0n) is 18.0. The highest BCUT2D eigenvalue weighted by molar-refractivity contribution is 7.80. The van der Waals surface area contributed by atoms with Gasteiger partial charge in [0.1, 0.15) is 5.69 Å². The number of aromatic nitrogens is 2. The molecule has 34 heavy (non-hydrogen) atoms. The molecular formula is C24H18ClN6O2S+. The Morgan fingerprint density at radius 3 is 2.62 bits per heavy atom. The van der Waals surface area contributed by atoms with Gasteiger partial charge in [-0.2, -0.15) is 0 Å². The van der Waals surface area contributed by atoms with E-state index in [1.54, 1.807) is 60.0 Å². The van der Waals surface area contributed by atoms with Crippen molar-refractivity contribution in [3.63, 3.8) is 0 Å². The van der Waals surface area contributed by atoms with Crippen LogP contribution < -0.4 is 15.8 Å². The van der Waals surface area contributed by atoms with Gasteiger partial charge in [0.25, 0.3) is 10.7 Å². The van der Waals surface area contributed by atoms with Crippen molar-refractivity contribution in [2.45, 2.75) is 13.5 Å². The van der Waals surface area contributed by atoms with Crippen molar-refractivity contribution in [2.24, 2.45) is 10.2 Å². The molecule has 0 spiro atoms. The second-order valence-corrected chi connectivity index (χ2v) is 8.13. The maximum Gasteiger partial charge on any atom is 0.360 e. The minimum atomic E-state index is -0.566. The van der Waals surface area contributed by atoms with E-state index in [0.29, 0.717) is 28.5 Å². The van der Waals surface area contributed by atoms with Gasteiger partial charge in [0, 0.05) is 16.3 Å². The van der Waals surface area contributed by atoms with Gasteiger partial charge in [-0.25, -0.2) is 4.98 Å². The average molecular weight is 490 g/mol. The van der Waals surface area contributed by atoms with Gasteiger partial charge in [0.15, 0.2) is 5.11 Å². The minimum Gasteiger partial charge on any atom is -0.325 e. The van der Waals surface area contributed by atoms with E-state index < -0.39 is 5.91 Å². The normalized spacial score (nSPS) is 10.4. The van der Waals surface area contributed by atoms with Gasteiger partial charge >= 0.3 is 5.91 Å². The van der Waals surface area contributed by atoms with Crippen LogP contribution in [0.3, 0.4) is 0 Å². The van der Waals surface area contributed by atoms with Crippen molar-refractivity contribution in [3.05, 3.63) is 105 Å². The van der Waals surface area contributed by atoms with Crippen molar-refractivity contribution in [2.75, 3.05) is 5.32 Å². The number of hydrogen-bond acceptors (Lipinski definition) is 4. The highest BCUT2D eigenvalue weighted by atomic mass is 35.5. The first kappa shape index (κ1) is 23.1. The molecular weight excluding hydrogens is 472 g/mol. The van der Waals surface area contributed by atoms with E-state index in [1.165, 1.54) is 0 Å². The number of carbonyl (C=O) groups is 1. The van der Waals surface area contributed by atoms with Gasteiger partial charge in [0.05, 0.1) is 17.6 Å². The van der Waals surface area contributed by atoms with Gasteiger partial charge in [-0.15, -0.1) is 0 Å². The van der Waals surface area contributed by atoms with Crippen molar-refractivity contribution in [3.8, 4) is 0 Å². The Balaban J connectivity index is 1.46. The molecule has 0 bridgehead atoms. The lowest BCUT2D eigenvalue weighted by Crippen LogP contribution is -2.24. The third kappa shape index (κ3) is 5.47. The first-order valence-corrected chi connectivity index (χ1v) is 11.0. The Labute approximate surface area is 204 Å². The van der Waals surface area contributed by atoms with Crippen LogP contribution in [0.2, 0.25) is 5.02 Å². The Kier molecular flexibility index (Phi) is 6.98. The number of nitrogens with one attached hydrogen (secondary N) is 1. The molecule has 3 aromatic carbocycles. The van der Waals surface area contributed by atoms with E-state index in [-0.39, 0.29) is 10.7 Å². The highest BCUT2D eigenvalue weighted by Gasteiger charge is 2.12.